The van der Waals surface area contributed by atoms with Crippen LogP contribution in [0.25, 0.3) is 5.65 Å². The number of fused-ring (bicyclic) bond motifs is 1. The number of nitrogens with one attached hydrogen (secondary N) is 1. The molecule has 0 bridgehead atoms. The van der Waals surface area contributed by atoms with Gasteiger partial charge >= 0.3 is 12.0 Å². The van der Waals surface area contributed by atoms with Crippen molar-refractivity contribution in [3.8, 4) is 0 Å². The number of ether oxygens (including phenoxy) is 1. The van der Waals surface area contributed by atoms with E-state index in [1.54, 1.807) is 32.0 Å². The number of hydrogen-bond acceptors (Lipinski definition) is 6. The molecule has 154 valence electrons. The van der Waals surface area contributed by atoms with E-state index in [2.05, 4.69) is 10.3 Å². The predicted molar refractivity (Wildman–Crippen MR) is 104 cm³/mol. The van der Waals surface area contributed by atoms with Gasteiger partial charge in [0.1, 0.15) is 24.3 Å². The van der Waals surface area contributed by atoms with Crippen LogP contribution in [-0.2, 0) is 20.9 Å². The number of aryl methyl sites for hydroxylation is 1. The smallest absolute Gasteiger partial charge is 0.326 e. The fourth-order valence-corrected chi connectivity index (χ4v) is 3.36. The number of urea groups is 1. The monoisotopic (exact) mass is 400 g/mol. The molecule has 1 aliphatic rings. The minimum Gasteiger partial charge on any atom is -0.458 e. The number of imide groups is 1. The Morgan fingerprint density at radius 2 is 2.03 bits per heavy atom. The summed E-state index contributed by atoms with van der Waals surface area (Å²) in [5, 5.41) is 2.65. The van der Waals surface area contributed by atoms with E-state index in [0.717, 1.165) is 23.4 Å². The average molecular weight is 400 g/mol. The van der Waals surface area contributed by atoms with Crippen molar-refractivity contribution in [1.29, 1.82) is 0 Å². The van der Waals surface area contributed by atoms with Gasteiger partial charge < -0.3 is 10.1 Å². The largest absolute Gasteiger partial charge is 0.458 e. The molecule has 1 aliphatic heterocycles. The van der Waals surface area contributed by atoms with E-state index in [0.29, 0.717) is 17.8 Å². The van der Waals surface area contributed by atoms with Gasteiger partial charge in [0.05, 0.1) is 5.69 Å². The second kappa shape index (κ2) is 8.02. The number of hydrogen-bond donors (Lipinski definition) is 1. The van der Waals surface area contributed by atoms with Crippen molar-refractivity contribution in [2.75, 3.05) is 6.54 Å². The SMILES string of the molecule is CCCC[C@]1(C)NC(=O)N(CC(=O)OCc2cc(=O)n3c(C)cccc3n2)C1=O. The maximum absolute atomic E-state index is 12.6. The van der Waals surface area contributed by atoms with Gasteiger partial charge in [-0.15, -0.1) is 0 Å². The average Bonchev–Trinajstić information content (AvgIpc) is 2.88. The van der Waals surface area contributed by atoms with E-state index >= 15 is 0 Å². The van der Waals surface area contributed by atoms with E-state index in [9.17, 15) is 19.2 Å². The van der Waals surface area contributed by atoms with Gasteiger partial charge in [-0.3, -0.25) is 23.7 Å². The van der Waals surface area contributed by atoms with Gasteiger partial charge in [0, 0.05) is 11.8 Å². The lowest BCUT2D eigenvalue weighted by molar-refractivity contribution is -0.148. The molecule has 1 fully saturated rings. The number of esters is 1. The number of unbranched alkanes of at least 4 members (excludes halogenated alkanes) is 1. The molecule has 0 radical (unpaired) electrons. The standard InChI is InChI=1S/C20H24N4O5/c1-4-5-9-20(3)18(27)23(19(28)22-20)11-17(26)29-12-14-10-16(25)24-13(2)7-6-8-15(24)21-14/h6-8,10H,4-5,9,11-12H2,1-3H3,(H,22,28)/t20-/m0/s1. The quantitative estimate of drug-likeness (QED) is 0.558. The van der Waals surface area contributed by atoms with E-state index in [1.165, 1.54) is 10.5 Å². The van der Waals surface area contributed by atoms with Gasteiger partial charge in [-0.05, 0) is 32.4 Å². The number of nitrogens with zero attached hydrogens (tertiary/aromatic N) is 3. The Morgan fingerprint density at radius 3 is 2.76 bits per heavy atom. The molecule has 9 nitrogen and oxygen atoms in total. The lowest BCUT2D eigenvalue weighted by Gasteiger charge is -2.21. The van der Waals surface area contributed by atoms with Crippen LogP contribution < -0.4 is 10.9 Å². The number of amides is 3. The van der Waals surface area contributed by atoms with Crippen LogP contribution in [0.3, 0.4) is 0 Å². The summed E-state index contributed by atoms with van der Waals surface area (Å²) >= 11 is 0. The molecular formula is C20H24N4O5. The molecule has 0 aromatic carbocycles. The topological polar surface area (TPSA) is 110 Å². The maximum Gasteiger partial charge on any atom is 0.326 e. The molecule has 2 aromatic heterocycles. The lowest BCUT2D eigenvalue weighted by atomic mass is 9.95. The molecule has 3 rings (SSSR count). The summed E-state index contributed by atoms with van der Waals surface area (Å²) in [6.07, 6.45) is 2.17. The predicted octanol–water partition coefficient (Wildman–Crippen LogP) is 1.55. The lowest BCUT2D eigenvalue weighted by Crippen LogP contribution is -2.44. The van der Waals surface area contributed by atoms with Gasteiger partial charge in [-0.1, -0.05) is 25.8 Å². The van der Waals surface area contributed by atoms with E-state index in [-0.39, 0.29) is 12.2 Å². The van der Waals surface area contributed by atoms with Crippen LogP contribution in [0.2, 0.25) is 0 Å². The van der Waals surface area contributed by atoms with Crippen LogP contribution in [0, 0.1) is 6.92 Å². The molecule has 0 spiro atoms. The van der Waals surface area contributed by atoms with Crippen molar-refractivity contribution < 1.29 is 19.1 Å². The number of aromatic nitrogens is 2. The summed E-state index contributed by atoms with van der Waals surface area (Å²) in [6, 6.07) is 5.94. The summed E-state index contributed by atoms with van der Waals surface area (Å²) in [5.41, 5.74) is 0.205. The zero-order chi connectivity index (χ0) is 21.2. The van der Waals surface area contributed by atoms with Crippen molar-refractivity contribution >= 4 is 23.6 Å². The third-order valence-corrected chi connectivity index (χ3v) is 4.98. The zero-order valence-corrected chi connectivity index (χ0v) is 16.7. The maximum atomic E-state index is 12.6. The molecule has 2 aromatic rings. The first-order chi connectivity index (χ1) is 13.7. The third kappa shape index (κ3) is 4.13. The summed E-state index contributed by atoms with van der Waals surface area (Å²) in [5.74, 6) is -1.19. The Hall–Kier alpha value is -3.23. The minimum atomic E-state index is -1.00. The minimum absolute atomic E-state index is 0.227. The second-order valence-corrected chi connectivity index (χ2v) is 7.36. The van der Waals surface area contributed by atoms with Crippen molar-refractivity contribution in [1.82, 2.24) is 19.6 Å². The normalized spacial score (nSPS) is 18.9. The van der Waals surface area contributed by atoms with E-state index in [1.807, 2.05) is 6.92 Å². The van der Waals surface area contributed by atoms with Crippen molar-refractivity contribution in [3.05, 3.63) is 46.0 Å². The van der Waals surface area contributed by atoms with Crippen molar-refractivity contribution in [2.45, 2.75) is 52.2 Å². The molecule has 1 atom stereocenters. The van der Waals surface area contributed by atoms with Crippen LogP contribution in [0.5, 0.6) is 0 Å². The fraction of sp³-hybridized carbons (Fsp3) is 0.450. The van der Waals surface area contributed by atoms with Gasteiger partial charge in [0.2, 0.25) is 0 Å². The first kappa shape index (κ1) is 20.5. The van der Waals surface area contributed by atoms with Gasteiger partial charge in [0.25, 0.3) is 11.5 Å². The summed E-state index contributed by atoms with van der Waals surface area (Å²) < 4.78 is 6.60. The molecule has 29 heavy (non-hydrogen) atoms. The number of rotatable bonds is 7. The Kier molecular flexibility index (Phi) is 5.67. The highest BCUT2D eigenvalue weighted by atomic mass is 16.5. The highest BCUT2D eigenvalue weighted by Gasteiger charge is 2.47. The Labute approximate surface area is 167 Å². The Balaban J connectivity index is 1.65. The number of pyridine rings is 1. The molecule has 1 N–H and O–H groups in total. The van der Waals surface area contributed by atoms with Crippen LogP contribution >= 0.6 is 0 Å². The summed E-state index contributed by atoms with van der Waals surface area (Å²) in [6.45, 7) is 4.73. The Bertz CT molecular complexity index is 1030. The zero-order valence-electron chi connectivity index (χ0n) is 16.7. The van der Waals surface area contributed by atoms with Crippen LogP contribution in [0.15, 0.2) is 29.1 Å². The van der Waals surface area contributed by atoms with Crippen molar-refractivity contribution in [2.24, 2.45) is 0 Å². The fourth-order valence-electron chi connectivity index (χ4n) is 3.36. The van der Waals surface area contributed by atoms with Crippen molar-refractivity contribution in [3.63, 3.8) is 0 Å². The summed E-state index contributed by atoms with van der Waals surface area (Å²) in [7, 11) is 0. The molecular weight excluding hydrogens is 376 g/mol. The van der Waals surface area contributed by atoms with E-state index < -0.39 is 30.0 Å². The van der Waals surface area contributed by atoms with Crippen LogP contribution in [0.4, 0.5) is 4.79 Å². The van der Waals surface area contributed by atoms with Gasteiger partial charge in [0.15, 0.2) is 0 Å². The molecule has 9 heteroatoms. The molecule has 1 saturated heterocycles. The van der Waals surface area contributed by atoms with Crippen LogP contribution in [-0.4, -0.2) is 44.3 Å². The first-order valence-electron chi connectivity index (χ1n) is 9.53. The number of carbonyl (C=O) groups is 3. The second-order valence-electron chi connectivity index (χ2n) is 7.36. The molecule has 0 saturated carbocycles. The summed E-state index contributed by atoms with van der Waals surface area (Å²) in [4.78, 5) is 54.3. The molecule has 0 aliphatic carbocycles. The number of carbonyl (C=O) groups excluding carboxylic acids is 3. The first-order valence-corrected chi connectivity index (χ1v) is 9.53. The van der Waals surface area contributed by atoms with Gasteiger partial charge in [-0.25, -0.2) is 9.78 Å². The third-order valence-electron chi connectivity index (χ3n) is 4.98. The van der Waals surface area contributed by atoms with Crippen LogP contribution in [0.1, 0.15) is 44.5 Å². The molecule has 0 unspecified atom stereocenters. The highest BCUT2D eigenvalue weighted by Crippen LogP contribution is 2.23. The Morgan fingerprint density at radius 1 is 1.28 bits per heavy atom. The molecule has 3 amide bonds. The highest BCUT2D eigenvalue weighted by molar-refractivity contribution is 6.08. The van der Waals surface area contributed by atoms with Gasteiger partial charge in [-0.2, -0.15) is 0 Å². The van der Waals surface area contributed by atoms with E-state index in [4.69, 9.17) is 4.74 Å². The molecule has 3 heterocycles.